The fourth-order valence-corrected chi connectivity index (χ4v) is 19.8. The van der Waals surface area contributed by atoms with Crippen LogP contribution in [0.2, 0.25) is 0 Å². The number of aryl methyl sites for hydroxylation is 3. The highest BCUT2D eigenvalue weighted by Crippen LogP contribution is 2.54. The predicted octanol–water partition coefficient (Wildman–Crippen LogP) is 15.3. The number of anilines is 3. The minimum atomic E-state index is -4.39. The predicted molar refractivity (Wildman–Crippen MR) is 511 cm³/mol. The number of rotatable bonds is 33. The fraction of sp³-hybridized carbons (Fsp3) is 0.484. The van der Waals surface area contributed by atoms with Crippen LogP contribution in [0.5, 0.6) is 17.2 Å². The number of carbonyl (C=O) groups is 3. The van der Waals surface area contributed by atoms with Crippen molar-refractivity contribution in [2.75, 3.05) is 76.7 Å². The number of aliphatic hydroxyl groups is 3. The number of aromatic nitrogens is 12. The Kier molecular flexibility index (Phi) is 31.6. The van der Waals surface area contributed by atoms with Crippen LogP contribution in [0.15, 0.2) is 146 Å². The molecule has 3 fully saturated rings. The van der Waals surface area contributed by atoms with E-state index >= 15 is 13.2 Å². The van der Waals surface area contributed by atoms with Gasteiger partial charge in [0.15, 0.2) is 86.6 Å². The SMILES string of the molecule is CNc1nc(C)nc2c1ncn2[C@@H]1O[C@H](CO[P@@](=O)(N[C@@H](C)C(=O)OCC(C)(C)C)Oc2cccc3ccccc23)[C@@H](O)[C@@]1(C)F.CNc1nc(C)nc2c1ncn2[C@@H]1O[C@H](CO[P@@](=O)(N[C@H](C)C(=O)OCC(C)(C)C)Oc2cccc3ccccc23)[C@@H](O)[C@@]1(C)F.CNc1nc(C)nc2c1ncn2[C@@H]1O[C@H](CO[P@](=O)(N[C@H](C)C(=O)OCC(C)(C)C)Oc2cccc3ccccc23)[C@@H](O)[C@@]1(C)F. The van der Waals surface area contributed by atoms with Crippen molar-refractivity contribution in [2.45, 2.75) is 215 Å². The molecule has 39 nitrogen and oxygen atoms in total. The molecule has 3 aliphatic heterocycles. The van der Waals surface area contributed by atoms with Crippen LogP contribution in [-0.2, 0) is 70.1 Å². The summed E-state index contributed by atoms with van der Waals surface area (Å²) in [5, 5.41) is 54.4. The average Bonchev–Trinajstić information content (AvgIpc) is 1.60. The Bertz CT molecular complexity index is 5930. The van der Waals surface area contributed by atoms with Crippen molar-refractivity contribution in [1.82, 2.24) is 73.8 Å². The van der Waals surface area contributed by atoms with Gasteiger partial charge in [0.2, 0.25) is 0 Å². The standard InChI is InChI=1S/3C31H40FN6O7P/c3*1-18(28(40)42-16-30(3,4)5)37-46(41,45-22-14-10-12-20-11-8-9-13-21(20)22)43-15-23-25(39)31(6,32)29(44-23)38-17-34-24-26(33-7)35-19(2)36-27(24)38/h3*8-14,17-18,23,25,29,39H,15-16H2,1-7H3,(H,37,41)(H,33,35,36)/t18-,23+,25+,29+,31+,46-;18-,23-,25-,29-,31-,46+;18-,23-,25-,29-,31-,46-/m011/s1. The average molecular weight is 1980 g/mol. The zero-order valence-corrected chi connectivity index (χ0v) is 83.2. The van der Waals surface area contributed by atoms with E-state index in [-0.39, 0.29) is 53.3 Å². The number of hydrogen-bond acceptors (Lipinski definition) is 33. The lowest BCUT2D eigenvalue weighted by atomic mass is 9.98. The van der Waals surface area contributed by atoms with Gasteiger partial charge in [-0.05, 0) is 113 Å². The van der Waals surface area contributed by atoms with Crippen molar-refractivity contribution in [3.05, 3.63) is 164 Å². The van der Waals surface area contributed by atoms with E-state index in [1.807, 2.05) is 117 Å². The van der Waals surface area contributed by atoms with E-state index in [4.69, 9.17) is 55.6 Å². The summed E-state index contributed by atoms with van der Waals surface area (Å²) in [6.45, 7) is 29.0. The van der Waals surface area contributed by atoms with Gasteiger partial charge in [-0.1, -0.05) is 172 Å². The zero-order chi connectivity index (χ0) is 100. The molecule has 744 valence electrons. The number of nitrogens with one attached hydrogen (secondary N) is 6. The Hall–Kier alpha value is -11.0. The van der Waals surface area contributed by atoms with Gasteiger partial charge in [0.05, 0.1) is 58.6 Å². The highest BCUT2D eigenvalue weighted by molar-refractivity contribution is 7.52. The number of carbonyl (C=O) groups excluding carboxylic acids is 3. The molecule has 0 amide bonds. The Morgan fingerprint density at radius 1 is 0.406 bits per heavy atom. The van der Waals surface area contributed by atoms with Crippen molar-refractivity contribution in [2.24, 2.45) is 16.2 Å². The molecule has 12 aromatic rings. The number of aliphatic hydroxyl groups excluding tert-OH is 3. The molecule has 0 unspecified atom stereocenters. The van der Waals surface area contributed by atoms with Gasteiger partial charge in [-0.3, -0.25) is 41.7 Å². The number of imidazole rings is 3. The van der Waals surface area contributed by atoms with Gasteiger partial charge in [-0.15, -0.1) is 0 Å². The summed E-state index contributed by atoms with van der Waals surface area (Å²) < 4.78 is 165. The quantitative estimate of drug-likeness (QED) is 0.0105. The highest BCUT2D eigenvalue weighted by Gasteiger charge is 2.59. The molecule has 3 saturated heterocycles. The third-order valence-electron chi connectivity index (χ3n) is 22.4. The molecule has 9 heterocycles. The van der Waals surface area contributed by atoms with Crippen LogP contribution < -0.4 is 44.8 Å². The molecule has 6 aromatic carbocycles. The molecule has 0 aliphatic carbocycles. The summed E-state index contributed by atoms with van der Waals surface area (Å²) in [7, 11) is -8.12. The normalized spacial score (nSPS) is 23.7. The van der Waals surface area contributed by atoms with Gasteiger partial charge >= 0.3 is 41.1 Å². The summed E-state index contributed by atoms with van der Waals surface area (Å²) in [6.07, 6.45) is -9.01. The van der Waals surface area contributed by atoms with E-state index in [9.17, 15) is 43.4 Å². The van der Waals surface area contributed by atoms with E-state index in [2.05, 4.69) is 76.1 Å². The van der Waals surface area contributed by atoms with E-state index in [0.717, 1.165) is 16.2 Å². The Labute approximate surface area is 795 Å². The fourth-order valence-electron chi connectivity index (χ4n) is 15.3. The van der Waals surface area contributed by atoms with E-state index in [0.29, 0.717) is 84.6 Å². The van der Waals surface area contributed by atoms with Crippen LogP contribution in [-0.4, -0.2) is 224 Å². The van der Waals surface area contributed by atoms with Crippen LogP contribution in [0.25, 0.3) is 65.8 Å². The number of fused-ring (bicyclic) bond motifs is 6. The maximum absolute atomic E-state index is 16.2. The Morgan fingerprint density at radius 2 is 0.645 bits per heavy atom. The summed E-state index contributed by atoms with van der Waals surface area (Å²) in [5.74, 6) is 1.30. The van der Waals surface area contributed by atoms with Crippen LogP contribution in [0.3, 0.4) is 0 Å². The smallest absolute Gasteiger partial charge is 0.459 e. The first kappa shape index (κ1) is 104. The van der Waals surface area contributed by atoms with E-state index in [1.165, 1.54) is 74.2 Å². The number of halogens is 3. The molecule has 18 atom stereocenters. The number of ether oxygens (including phenoxy) is 6. The molecule has 0 spiro atoms. The molecule has 0 bridgehead atoms. The lowest BCUT2D eigenvalue weighted by molar-refractivity contribution is -0.148. The lowest BCUT2D eigenvalue weighted by Crippen LogP contribution is -2.41. The molecule has 15 rings (SSSR count). The third kappa shape index (κ3) is 24.0. The highest BCUT2D eigenvalue weighted by atomic mass is 31.2. The first-order valence-corrected chi connectivity index (χ1v) is 49.3. The number of benzene rings is 6. The number of hydrogen-bond donors (Lipinski definition) is 9. The van der Waals surface area contributed by atoms with Gasteiger partial charge in [0, 0.05) is 37.3 Å². The Morgan fingerprint density at radius 3 is 0.884 bits per heavy atom. The molecule has 9 N–H and O–H groups in total. The van der Waals surface area contributed by atoms with Crippen LogP contribution in [0.1, 0.15) is 140 Å². The van der Waals surface area contributed by atoms with Crippen molar-refractivity contribution in [3.8, 4) is 17.2 Å². The third-order valence-corrected chi connectivity index (χ3v) is 27.3. The van der Waals surface area contributed by atoms with Crippen LogP contribution in [0, 0.1) is 37.0 Å². The first-order chi connectivity index (χ1) is 64.8. The van der Waals surface area contributed by atoms with Gasteiger partial charge in [0.1, 0.15) is 89.5 Å². The monoisotopic (exact) mass is 1970 g/mol. The Balaban J connectivity index is 0.000000175. The minimum absolute atomic E-state index is 0.134. The lowest BCUT2D eigenvalue weighted by Gasteiger charge is -2.26. The molecule has 138 heavy (non-hydrogen) atoms. The zero-order valence-electron chi connectivity index (χ0n) is 80.6. The van der Waals surface area contributed by atoms with Crippen LogP contribution >= 0.6 is 23.2 Å². The van der Waals surface area contributed by atoms with Crippen molar-refractivity contribution in [1.29, 1.82) is 0 Å². The molecule has 45 heteroatoms. The number of nitrogens with zero attached hydrogens (tertiary/aromatic N) is 12. The van der Waals surface area contributed by atoms with Gasteiger partial charge in [-0.2, -0.15) is 15.3 Å². The van der Waals surface area contributed by atoms with Crippen LogP contribution in [0.4, 0.5) is 30.6 Å². The largest absolute Gasteiger partial charge is 0.464 e. The summed E-state index contributed by atoms with van der Waals surface area (Å²) >= 11 is 0. The summed E-state index contributed by atoms with van der Waals surface area (Å²) in [5.41, 5.74) is -5.80. The maximum atomic E-state index is 16.2. The second-order valence-corrected chi connectivity index (χ2v) is 43.2. The van der Waals surface area contributed by atoms with Crippen molar-refractivity contribution >= 4 is 124 Å². The molecule has 0 radical (unpaired) electrons. The first-order valence-electron chi connectivity index (χ1n) is 44.7. The molecule has 0 saturated carbocycles. The van der Waals surface area contributed by atoms with Gasteiger partial charge in [-0.25, -0.2) is 71.7 Å². The van der Waals surface area contributed by atoms with Gasteiger partial charge < -0.3 is 73.3 Å². The van der Waals surface area contributed by atoms with Crippen molar-refractivity contribution < 1.29 is 112 Å². The van der Waals surface area contributed by atoms with Gasteiger partial charge in [0.25, 0.3) is 0 Å². The molecule has 3 aliphatic rings. The molecule has 6 aromatic heterocycles. The van der Waals surface area contributed by atoms with E-state index in [1.54, 1.807) is 115 Å². The number of alkyl halides is 3. The maximum Gasteiger partial charge on any atom is 0.459 e. The minimum Gasteiger partial charge on any atom is -0.464 e. The molecular weight excluding hydrogens is 1860 g/mol. The van der Waals surface area contributed by atoms with Crippen molar-refractivity contribution in [3.63, 3.8) is 0 Å². The number of esters is 3. The second-order valence-electron chi connectivity index (χ2n) is 38.1. The topological polar surface area (TPSA) is 477 Å². The summed E-state index contributed by atoms with van der Waals surface area (Å²) in [4.78, 5) is 77.6. The summed E-state index contributed by atoms with van der Waals surface area (Å²) in [6, 6.07) is 34.2. The second kappa shape index (κ2) is 41.8. The molecular formula is C93H120F3N18O21P3. The van der Waals surface area contributed by atoms with E-state index < -0.39 is 151 Å².